The van der Waals surface area contributed by atoms with Gasteiger partial charge in [-0.1, -0.05) is 18.2 Å². The largest absolute Gasteiger partial charge is 0.454 e. The fourth-order valence-corrected chi connectivity index (χ4v) is 2.45. The van der Waals surface area contributed by atoms with Gasteiger partial charge in [-0.3, -0.25) is 4.79 Å². The van der Waals surface area contributed by atoms with Gasteiger partial charge < -0.3 is 20.1 Å². The number of rotatable bonds is 4. The van der Waals surface area contributed by atoms with E-state index in [0.29, 0.717) is 22.7 Å². The predicted octanol–water partition coefficient (Wildman–Crippen LogP) is 3.50. The molecule has 0 aliphatic carbocycles. The number of anilines is 1. The number of benzene rings is 2. The first-order valence-electron chi connectivity index (χ1n) is 7.61. The standard InChI is InChI=1S/C18H18N2O4/c1-11(13-6-7-16-17(9-13)24-10-23-16)19-18(22)20-15-5-3-4-14(8-15)12(2)21/h3-9,11H,10H2,1-2H3,(H2,19,20,22)/t11-/m1/s1. The van der Waals surface area contributed by atoms with Gasteiger partial charge >= 0.3 is 6.03 Å². The van der Waals surface area contributed by atoms with E-state index < -0.39 is 0 Å². The Hall–Kier alpha value is -3.02. The van der Waals surface area contributed by atoms with Crippen molar-refractivity contribution in [3.05, 3.63) is 53.6 Å². The van der Waals surface area contributed by atoms with Crippen molar-refractivity contribution >= 4 is 17.5 Å². The van der Waals surface area contributed by atoms with Gasteiger partial charge in [-0.15, -0.1) is 0 Å². The Morgan fingerprint density at radius 3 is 2.67 bits per heavy atom. The third-order valence-electron chi connectivity index (χ3n) is 3.77. The molecule has 0 fully saturated rings. The lowest BCUT2D eigenvalue weighted by atomic mass is 10.1. The zero-order valence-electron chi connectivity index (χ0n) is 13.5. The van der Waals surface area contributed by atoms with Crippen molar-refractivity contribution in [2.24, 2.45) is 0 Å². The highest BCUT2D eigenvalue weighted by atomic mass is 16.7. The fraction of sp³-hybridized carbons (Fsp3) is 0.222. The number of nitrogens with one attached hydrogen (secondary N) is 2. The second-order valence-electron chi connectivity index (χ2n) is 5.57. The van der Waals surface area contributed by atoms with Crippen molar-refractivity contribution in [3.8, 4) is 11.5 Å². The van der Waals surface area contributed by atoms with E-state index in [1.54, 1.807) is 24.3 Å². The minimum absolute atomic E-state index is 0.0483. The lowest BCUT2D eigenvalue weighted by Gasteiger charge is -2.15. The maximum Gasteiger partial charge on any atom is 0.319 e. The summed E-state index contributed by atoms with van der Waals surface area (Å²) in [6.45, 7) is 3.58. The number of ketones is 1. The van der Waals surface area contributed by atoms with E-state index in [-0.39, 0.29) is 24.6 Å². The summed E-state index contributed by atoms with van der Waals surface area (Å²) in [5, 5.41) is 5.59. The summed E-state index contributed by atoms with van der Waals surface area (Å²) < 4.78 is 10.6. The molecule has 2 aromatic rings. The van der Waals surface area contributed by atoms with Gasteiger partial charge in [0.2, 0.25) is 6.79 Å². The zero-order chi connectivity index (χ0) is 17.1. The predicted molar refractivity (Wildman–Crippen MR) is 89.6 cm³/mol. The first-order valence-corrected chi connectivity index (χ1v) is 7.61. The summed E-state index contributed by atoms with van der Waals surface area (Å²) in [5.74, 6) is 1.33. The van der Waals surface area contributed by atoms with Gasteiger partial charge in [0.05, 0.1) is 6.04 Å². The van der Waals surface area contributed by atoms with Crippen molar-refractivity contribution in [3.63, 3.8) is 0 Å². The minimum atomic E-state index is -0.346. The molecule has 0 saturated carbocycles. The van der Waals surface area contributed by atoms with Crippen molar-refractivity contribution in [1.82, 2.24) is 5.32 Å². The highest BCUT2D eigenvalue weighted by Gasteiger charge is 2.17. The smallest absolute Gasteiger partial charge is 0.319 e. The topological polar surface area (TPSA) is 76.7 Å². The molecular formula is C18H18N2O4. The second-order valence-corrected chi connectivity index (χ2v) is 5.57. The number of Topliss-reactive ketones (excluding diaryl/α,β-unsaturated/α-hetero) is 1. The SMILES string of the molecule is CC(=O)c1cccc(NC(=O)N[C@H](C)c2ccc3c(c2)OCO3)c1. The molecule has 2 amide bonds. The third kappa shape index (κ3) is 3.48. The highest BCUT2D eigenvalue weighted by molar-refractivity contribution is 5.96. The maximum atomic E-state index is 12.1. The summed E-state index contributed by atoms with van der Waals surface area (Å²) in [5.41, 5.74) is 2.03. The fourth-order valence-electron chi connectivity index (χ4n) is 2.45. The van der Waals surface area contributed by atoms with Crippen LogP contribution in [0.1, 0.15) is 35.8 Å². The van der Waals surface area contributed by atoms with E-state index in [2.05, 4.69) is 10.6 Å². The molecule has 24 heavy (non-hydrogen) atoms. The first-order chi connectivity index (χ1) is 11.5. The second kappa shape index (κ2) is 6.62. The van der Waals surface area contributed by atoms with Crippen LogP contribution in [0.3, 0.4) is 0 Å². The number of fused-ring (bicyclic) bond motifs is 1. The quantitative estimate of drug-likeness (QED) is 0.843. The molecule has 1 aliphatic heterocycles. The molecule has 6 heteroatoms. The summed E-state index contributed by atoms with van der Waals surface area (Å²) in [7, 11) is 0. The van der Waals surface area contributed by atoms with Gasteiger partial charge in [-0.05, 0) is 43.7 Å². The van der Waals surface area contributed by atoms with Gasteiger partial charge in [-0.25, -0.2) is 4.79 Å². The Labute approximate surface area is 139 Å². The lowest BCUT2D eigenvalue weighted by Crippen LogP contribution is -2.31. The average Bonchev–Trinajstić information content (AvgIpc) is 3.02. The molecule has 6 nitrogen and oxygen atoms in total. The first kappa shape index (κ1) is 15.9. The Balaban J connectivity index is 1.64. The number of carbonyl (C=O) groups is 2. The number of urea groups is 1. The Kier molecular flexibility index (Phi) is 4.37. The van der Waals surface area contributed by atoms with Crippen LogP contribution in [-0.2, 0) is 0 Å². The molecular weight excluding hydrogens is 308 g/mol. The van der Waals surface area contributed by atoms with Gasteiger partial charge in [0.1, 0.15) is 0 Å². The Bertz CT molecular complexity index is 788. The maximum absolute atomic E-state index is 12.1. The van der Waals surface area contributed by atoms with Gasteiger partial charge in [0.15, 0.2) is 17.3 Å². The van der Waals surface area contributed by atoms with E-state index >= 15 is 0 Å². The van der Waals surface area contributed by atoms with Crippen LogP contribution in [0.2, 0.25) is 0 Å². The molecule has 0 spiro atoms. The number of hydrogen-bond donors (Lipinski definition) is 2. The average molecular weight is 326 g/mol. The van der Waals surface area contributed by atoms with E-state index in [0.717, 1.165) is 5.56 Å². The van der Waals surface area contributed by atoms with Crippen molar-refractivity contribution in [2.45, 2.75) is 19.9 Å². The molecule has 124 valence electrons. The molecule has 1 aliphatic rings. The van der Waals surface area contributed by atoms with Gasteiger partial charge in [0, 0.05) is 11.3 Å². The zero-order valence-corrected chi connectivity index (χ0v) is 13.5. The van der Waals surface area contributed by atoms with Crippen LogP contribution in [0.25, 0.3) is 0 Å². The summed E-state index contributed by atoms with van der Waals surface area (Å²) in [6.07, 6.45) is 0. The van der Waals surface area contributed by atoms with Crippen molar-refractivity contribution in [2.75, 3.05) is 12.1 Å². The van der Waals surface area contributed by atoms with Crippen LogP contribution in [0.4, 0.5) is 10.5 Å². The van der Waals surface area contributed by atoms with Crippen LogP contribution in [0, 0.1) is 0 Å². The van der Waals surface area contributed by atoms with Crippen LogP contribution in [-0.4, -0.2) is 18.6 Å². The summed E-state index contributed by atoms with van der Waals surface area (Å²) >= 11 is 0. The van der Waals surface area contributed by atoms with E-state index in [1.807, 2.05) is 25.1 Å². The van der Waals surface area contributed by atoms with Gasteiger partial charge in [0.25, 0.3) is 0 Å². The molecule has 1 heterocycles. The third-order valence-corrected chi connectivity index (χ3v) is 3.77. The molecule has 2 aromatic carbocycles. The van der Waals surface area contributed by atoms with E-state index in [9.17, 15) is 9.59 Å². The van der Waals surface area contributed by atoms with Crippen LogP contribution < -0.4 is 20.1 Å². The van der Waals surface area contributed by atoms with Crippen molar-refractivity contribution in [1.29, 1.82) is 0 Å². The molecule has 1 atom stereocenters. The summed E-state index contributed by atoms with van der Waals surface area (Å²) in [6, 6.07) is 11.8. The molecule has 0 unspecified atom stereocenters. The normalized spacial score (nSPS) is 13.2. The number of hydrogen-bond acceptors (Lipinski definition) is 4. The van der Waals surface area contributed by atoms with Crippen LogP contribution >= 0.6 is 0 Å². The number of ether oxygens (including phenoxy) is 2. The molecule has 0 aromatic heterocycles. The highest BCUT2D eigenvalue weighted by Crippen LogP contribution is 2.34. The Morgan fingerprint density at radius 1 is 1.08 bits per heavy atom. The molecule has 0 saturated heterocycles. The minimum Gasteiger partial charge on any atom is -0.454 e. The van der Waals surface area contributed by atoms with E-state index in [4.69, 9.17) is 9.47 Å². The lowest BCUT2D eigenvalue weighted by molar-refractivity contribution is 0.101. The van der Waals surface area contributed by atoms with Gasteiger partial charge in [-0.2, -0.15) is 0 Å². The van der Waals surface area contributed by atoms with Crippen LogP contribution in [0.5, 0.6) is 11.5 Å². The van der Waals surface area contributed by atoms with Crippen LogP contribution in [0.15, 0.2) is 42.5 Å². The summed E-state index contributed by atoms with van der Waals surface area (Å²) in [4.78, 5) is 23.5. The number of amides is 2. The van der Waals surface area contributed by atoms with Crippen molar-refractivity contribution < 1.29 is 19.1 Å². The molecule has 3 rings (SSSR count). The molecule has 2 N–H and O–H groups in total. The molecule has 0 bridgehead atoms. The molecule has 0 radical (unpaired) electrons. The Morgan fingerprint density at radius 2 is 1.88 bits per heavy atom. The number of carbonyl (C=O) groups excluding carboxylic acids is 2. The van der Waals surface area contributed by atoms with E-state index in [1.165, 1.54) is 6.92 Å². The monoisotopic (exact) mass is 326 g/mol.